The predicted octanol–water partition coefficient (Wildman–Crippen LogP) is 3.85. The van der Waals surface area contributed by atoms with Crippen molar-refractivity contribution in [3.8, 4) is 5.75 Å². The zero-order valence-electron chi connectivity index (χ0n) is 15.5. The molecule has 5 nitrogen and oxygen atoms in total. The van der Waals surface area contributed by atoms with Crippen LogP contribution >= 0.6 is 11.3 Å². The van der Waals surface area contributed by atoms with Crippen molar-refractivity contribution in [2.75, 3.05) is 38.2 Å². The number of anilines is 1. The Kier molecular flexibility index (Phi) is 4.89. The summed E-state index contributed by atoms with van der Waals surface area (Å²) in [7, 11) is 1.62. The molecule has 1 amide bonds. The number of carbonyl (C=O) groups is 1. The van der Waals surface area contributed by atoms with Gasteiger partial charge in [0.1, 0.15) is 28.5 Å². The van der Waals surface area contributed by atoms with Crippen molar-refractivity contribution in [3.63, 3.8) is 0 Å². The van der Waals surface area contributed by atoms with Gasteiger partial charge in [0.15, 0.2) is 5.13 Å². The van der Waals surface area contributed by atoms with Crippen LogP contribution in [0.3, 0.4) is 0 Å². The van der Waals surface area contributed by atoms with E-state index in [9.17, 15) is 13.6 Å². The topological polar surface area (TPSA) is 45.7 Å². The Bertz CT molecular complexity index is 1030. The highest BCUT2D eigenvalue weighted by Gasteiger charge is 2.27. The van der Waals surface area contributed by atoms with Crippen LogP contribution < -0.4 is 9.64 Å². The number of nitrogens with zero attached hydrogens (tertiary/aromatic N) is 3. The van der Waals surface area contributed by atoms with Crippen LogP contribution in [0.25, 0.3) is 10.2 Å². The summed E-state index contributed by atoms with van der Waals surface area (Å²) < 4.78 is 34.3. The second kappa shape index (κ2) is 7.35. The van der Waals surface area contributed by atoms with Crippen LogP contribution in [0.5, 0.6) is 5.75 Å². The van der Waals surface area contributed by atoms with Crippen molar-refractivity contribution >= 4 is 32.6 Å². The lowest BCUT2D eigenvalue weighted by Crippen LogP contribution is -2.49. The summed E-state index contributed by atoms with van der Waals surface area (Å²) in [5.74, 6) is -1.55. The molecule has 2 heterocycles. The normalized spacial score (nSPS) is 14.6. The summed E-state index contributed by atoms with van der Waals surface area (Å²) in [5.41, 5.74) is 1.47. The minimum absolute atomic E-state index is 0.374. The van der Waals surface area contributed by atoms with Crippen molar-refractivity contribution in [1.29, 1.82) is 0 Å². The zero-order valence-corrected chi connectivity index (χ0v) is 16.4. The summed E-state index contributed by atoms with van der Waals surface area (Å²) >= 11 is 1.58. The van der Waals surface area contributed by atoms with E-state index in [1.54, 1.807) is 18.4 Å². The van der Waals surface area contributed by atoms with Crippen molar-refractivity contribution in [3.05, 3.63) is 53.1 Å². The minimum atomic E-state index is -0.832. The van der Waals surface area contributed by atoms with E-state index >= 15 is 0 Å². The first kappa shape index (κ1) is 18.6. The van der Waals surface area contributed by atoms with Crippen LogP contribution in [0.2, 0.25) is 0 Å². The first-order valence-corrected chi connectivity index (χ1v) is 9.73. The molecule has 0 atom stereocenters. The molecule has 0 aliphatic carbocycles. The molecule has 0 radical (unpaired) electrons. The minimum Gasteiger partial charge on any atom is -0.494 e. The molecule has 4 rings (SSSR count). The van der Waals surface area contributed by atoms with Crippen LogP contribution in [-0.4, -0.2) is 49.1 Å². The number of methoxy groups -OCH3 is 1. The summed E-state index contributed by atoms with van der Waals surface area (Å²) in [5, 5.41) is 0.853. The number of rotatable bonds is 3. The Morgan fingerprint density at radius 2 is 1.79 bits per heavy atom. The Labute approximate surface area is 165 Å². The molecular weight excluding hydrogens is 384 g/mol. The molecule has 2 aromatic carbocycles. The molecule has 1 aliphatic rings. The number of amides is 1. The average Bonchev–Trinajstić information content (AvgIpc) is 3.15. The SMILES string of the molecule is COc1ccc(C)c2sc(N3CCN(C(=O)c4c(F)cccc4F)CC3)nc12. The highest BCUT2D eigenvalue weighted by atomic mass is 32.1. The average molecular weight is 403 g/mol. The molecule has 0 N–H and O–H groups in total. The van der Waals surface area contributed by atoms with Gasteiger partial charge in [0.25, 0.3) is 5.91 Å². The second-order valence-corrected chi connectivity index (χ2v) is 7.61. The van der Waals surface area contributed by atoms with Gasteiger partial charge in [-0.3, -0.25) is 4.79 Å². The van der Waals surface area contributed by atoms with E-state index in [1.165, 1.54) is 11.0 Å². The van der Waals surface area contributed by atoms with Crippen LogP contribution in [0, 0.1) is 18.6 Å². The van der Waals surface area contributed by atoms with Crippen molar-refractivity contribution in [2.45, 2.75) is 6.92 Å². The lowest BCUT2D eigenvalue weighted by atomic mass is 10.1. The number of hydrogen-bond donors (Lipinski definition) is 0. The molecule has 8 heteroatoms. The van der Waals surface area contributed by atoms with Crippen molar-refractivity contribution in [2.24, 2.45) is 0 Å². The standard InChI is InChI=1S/C20H19F2N3O2S/c1-12-6-7-15(27-2)17-18(12)28-20(23-17)25-10-8-24(9-11-25)19(26)16-13(21)4-3-5-14(16)22/h3-7H,8-11H2,1-2H3. The van der Waals surface area contributed by atoms with Gasteiger partial charge in [0.05, 0.1) is 11.8 Å². The zero-order chi connectivity index (χ0) is 19.8. The fourth-order valence-electron chi connectivity index (χ4n) is 3.36. The maximum absolute atomic E-state index is 13.9. The number of halogens is 2. The molecule has 28 heavy (non-hydrogen) atoms. The third kappa shape index (κ3) is 3.17. The summed E-state index contributed by atoms with van der Waals surface area (Å²) in [6, 6.07) is 7.36. The van der Waals surface area contributed by atoms with Gasteiger partial charge in [-0.1, -0.05) is 23.5 Å². The summed E-state index contributed by atoms with van der Waals surface area (Å²) in [4.78, 5) is 20.8. The smallest absolute Gasteiger partial charge is 0.259 e. The molecule has 0 spiro atoms. The number of carbonyl (C=O) groups excluding carboxylic acids is 1. The van der Waals surface area contributed by atoms with Crippen LogP contribution in [0.1, 0.15) is 15.9 Å². The molecule has 3 aromatic rings. The van der Waals surface area contributed by atoms with Gasteiger partial charge in [-0.15, -0.1) is 0 Å². The molecular formula is C20H19F2N3O2S. The number of fused-ring (bicyclic) bond motifs is 1. The fraction of sp³-hybridized carbons (Fsp3) is 0.300. The maximum Gasteiger partial charge on any atom is 0.259 e. The lowest BCUT2D eigenvalue weighted by molar-refractivity contribution is 0.0737. The van der Waals surface area contributed by atoms with Gasteiger partial charge in [-0.05, 0) is 30.7 Å². The molecule has 1 aromatic heterocycles. The van der Waals surface area contributed by atoms with E-state index in [2.05, 4.69) is 4.90 Å². The Morgan fingerprint density at radius 3 is 2.43 bits per heavy atom. The highest BCUT2D eigenvalue weighted by molar-refractivity contribution is 7.22. The largest absolute Gasteiger partial charge is 0.494 e. The van der Waals surface area contributed by atoms with Gasteiger partial charge >= 0.3 is 0 Å². The molecule has 1 aliphatic heterocycles. The molecule has 0 bridgehead atoms. The number of ether oxygens (including phenoxy) is 1. The van der Waals surface area contributed by atoms with Crippen molar-refractivity contribution in [1.82, 2.24) is 9.88 Å². The van der Waals surface area contributed by atoms with Crippen LogP contribution in [-0.2, 0) is 0 Å². The predicted molar refractivity (Wildman–Crippen MR) is 105 cm³/mol. The summed E-state index contributed by atoms with van der Waals surface area (Å²) in [6.45, 7) is 3.87. The molecule has 0 saturated carbocycles. The molecule has 1 fully saturated rings. The Balaban J connectivity index is 1.52. The second-order valence-electron chi connectivity index (χ2n) is 6.63. The lowest BCUT2D eigenvalue weighted by Gasteiger charge is -2.34. The Morgan fingerprint density at radius 1 is 1.11 bits per heavy atom. The van der Waals surface area contributed by atoms with E-state index in [0.717, 1.165) is 38.8 Å². The molecule has 1 saturated heterocycles. The van der Waals surface area contributed by atoms with Crippen LogP contribution in [0.15, 0.2) is 30.3 Å². The quantitative estimate of drug-likeness (QED) is 0.666. The number of aromatic nitrogens is 1. The first-order chi connectivity index (χ1) is 13.5. The maximum atomic E-state index is 13.9. The number of thiazole rings is 1. The number of benzene rings is 2. The first-order valence-electron chi connectivity index (χ1n) is 8.92. The van der Waals surface area contributed by atoms with Gasteiger partial charge in [-0.2, -0.15) is 0 Å². The van der Waals surface area contributed by atoms with E-state index in [0.29, 0.717) is 26.2 Å². The summed E-state index contributed by atoms with van der Waals surface area (Å²) in [6.07, 6.45) is 0. The fourth-order valence-corrected chi connectivity index (χ4v) is 4.46. The highest BCUT2D eigenvalue weighted by Crippen LogP contribution is 2.36. The van der Waals surface area contributed by atoms with E-state index in [1.807, 2.05) is 19.1 Å². The number of piperazine rings is 1. The van der Waals surface area contributed by atoms with Crippen LogP contribution in [0.4, 0.5) is 13.9 Å². The van der Waals surface area contributed by atoms with E-state index < -0.39 is 23.1 Å². The third-order valence-electron chi connectivity index (χ3n) is 4.93. The monoisotopic (exact) mass is 403 g/mol. The number of hydrogen-bond acceptors (Lipinski definition) is 5. The Hall–Kier alpha value is -2.74. The van der Waals surface area contributed by atoms with Gasteiger partial charge in [-0.25, -0.2) is 13.8 Å². The third-order valence-corrected chi connectivity index (χ3v) is 6.18. The van der Waals surface area contributed by atoms with E-state index in [4.69, 9.17) is 9.72 Å². The molecule has 146 valence electrons. The van der Waals surface area contributed by atoms with Gasteiger partial charge in [0, 0.05) is 26.2 Å². The van der Waals surface area contributed by atoms with Gasteiger partial charge in [0.2, 0.25) is 0 Å². The van der Waals surface area contributed by atoms with E-state index in [-0.39, 0.29) is 0 Å². The molecule has 0 unspecified atom stereocenters. The van der Waals surface area contributed by atoms with Crippen molar-refractivity contribution < 1.29 is 18.3 Å². The van der Waals surface area contributed by atoms with Gasteiger partial charge < -0.3 is 14.5 Å². The number of aryl methyl sites for hydroxylation is 1.